The molecular weight excluding hydrogens is 328 g/mol. The second-order valence-electron chi connectivity index (χ2n) is 6.84. The molecule has 0 N–H and O–H groups in total. The van der Waals surface area contributed by atoms with Gasteiger partial charge in [0.2, 0.25) is 0 Å². The van der Waals surface area contributed by atoms with Crippen molar-refractivity contribution >= 4 is 28.3 Å². The molecule has 0 spiro atoms. The predicted molar refractivity (Wildman–Crippen MR) is 104 cm³/mol. The Balaban J connectivity index is 2.51. The molecule has 0 aliphatic carbocycles. The fourth-order valence-corrected chi connectivity index (χ4v) is 3.37. The number of aromatic nitrogens is 4. The molecule has 0 aliphatic rings. The summed E-state index contributed by atoms with van der Waals surface area (Å²) in [6.07, 6.45) is 1.76. The van der Waals surface area contributed by atoms with Crippen molar-refractivity contribution in [1.82, 2.24) is 24.5 Å². The molecule has 7 heteroatoms. The number of fused-ring (bicyclic) bond motifs is 3. The molecule has 0 fully saturated rings. The van der Waals surface area contributed by atoms with Gasteiger partial charge in [-0.15, -0.1) is 10.2 Å². The molecule has 7 nitrogen and oxygen atoms in total. The third-order valence-electron chi connectivity index (χ3n) is 4.63. The van der Waals surface area contributed by atoms with E-state index in [1.807, 2.05) is 54.3 Å². The summed E-state index contributed by atoms with van der Waals surface area (Å²) in [4.78, 5) is 21.7. The quantitative estimate of drug-likeness (QED) is 0.705. The lowest BCUT2D eigenvalue weighted by Crippen LogP contribution is -2.32. The van der Waals surface area contributed by atoms with Gasteiger partial charge < -0.3 is 9.80 Å². The number of amides is 1. The topological polar surface area (TPSA) is 66.6 Å². The number of rotatable bonds is 5. The Kier molecular flexibility index (Phi) is 4.80. The largest absolute Gasteiger partial charge is 0.376 e. The molecule has 0 saturated heterocycles. The van der Waals surface area contributed by atoms with E-state index in [0.29, 0.717) is 24.3 Å². The summed E-state index contributed by atoms with van der Waals surface area (Å²) in [6, 6.07) is 3.90. The maximum Gasteiger partial charge on any atom is 0.259 e. The minimum absolute atomic E-state index is 0.0304. The van der Waals surface area contributed by atoms with Gasteiger partial charge in [-0.05, 0) is 26.0 Å². The number of hydrogen-bond donors (Lipinski definition) is 0. The molecule has 3 rings (SSSR count). The standard InChI is InChI=1S/C19H26N6O/c1-7-24(8-2)19(26)14-15(23(5)6)13-10-9-11-20-17(13)25-16(12(3)4)21-22-18(14)25/h9-12H,7-8H2,1-6H3. The number of carbonyl (C=O) groups excluding carboxylic acids is 1. The Labute approximate surface area is 153 Å². The van der Waals surface area contributed by atoms with E-state index >= 15 is 0 Å². The minimum atomic E-state index is -0.0304. The van der Waals surface area contributed by atoms with Crippen molar-refractivity contribution in [2.75, 3.05) is 32.1 Å². The molecule has 0 aliphatic heterocycles. The Morgan fingerprint density at radius 1 is 1.15 bits per heavy atom. The highest BCUT2D eigenvalue weighted by molar-refractivity contribution is 6.12. The lowest BCUT2D eigenvalue weighted by atomic mass is 10.1. The van der Waals surface area contributed by atoms with Crippen LogP contribution in [0.2, 0.25) is 0 Å². The van der Waals surface area contributed by atoms with Gasteiger partial charge in [-0.3, -0.25) is 9.20 Å². The van der Waals surface area contributed by atoms with Gasteiger partial charge in [0.15, 0.2) is 5.65 Å². The second kappa shape index (κ2) is 6.90. The van der Waals surface area contributed by atoms with E-state index in [9.17, 15) is 4.79 Å². The molecule has 3 aromatic heterocycles. The van der Waals surface area contributed by atoms with Crippen LogP contribution in [-0.2, 0) is 0 Å². The highest BCUT2D eigenvalue weighted by Gasteiger charge is 2.28. The van der Waals surface area contributed by atoms with Gasteiger partial charge in [-0.2, -0.15) is 0 Å². The van der Waals surface area contributed by atoms with Crippen LogP contribution in [0.25, 0.3) is 16.7 Å². The molecule has 0 atom stereocenters. The summed E-state index contributed by atoms with van der Waals surface area (Å²) in [5.74, 6) is 0.941. The summed E-state index contributed by atoms with van der Waals surface area (Å²) in [7, 11) is 3.88. The van der Waals surface area contributed by atoms with Crippen LogP contribution >= 0.6 is 0 Å². The summed E-state index contributed by atoms with van der Waals surface area (Å²) < 4.78 is 1.93. The summed E-state index contributed by atoms with van der Waals surface area (Å²) in [6.45, 7) is 9.39. The highest BCUT2D eigenvalue weighted by Crippen LogP contribution is 2.34. The molecule has 0 unspecified atom stereocenters. The molecule has 0 saturated carbocycles. The third kappa shape index (κ3) is 2.67. The smallest absolute Gasteiger partial charge is 0.259 e. The number of anilines is 1. The van der Waals surface area contributed by atoms with Crippen LogP contribution in [0.1, 0.15) is 49.8 Å². The summed E-state index contributed by atoms with van der Waals surface area (Å²) in [5, 5.41) is 9.71. The van der Waals surface area contributed by atoms with Gasteiger partial charge in [0, 0.05) is 44.7 Å². The van der Waals surface area contributed by atoms with Crippen LogP contribution in [0, 0.1) is 0 Å². The van der Waals surface area contributed by atoms with Crippen LogP contribution < -0.4 is 4.90 Å². The van der Waals surface area contributed by atoms with Gasteiger partial charge in [-0.1, -0.05) is 13.8 Å². The van der Waals surface area contributed by atoms with Crippen LogP contribution in [0.3, 0.4) is 0 Å². The Hall–Kier alpha value is -2.70. The SMILES string of the molecule is CCN(CC)C(=O)c1c(N(C)C)c2cccnc2n2c(C(C)C)nnc12. The molecule has 3 heterocycles. The van der Waals surface area contributed by atoms with E-state index in [1.165, 1.54) is 0 Å². The number of carbonyl (C=O) groups is 1. The van der Waals surface area contributed by atoms with Crippen molar-refractivity contribution in [2.45, 2.75) is 33.6 Å². The molecule has 3 aromatic rings. The molecular formula is C19H26N6O. The van der Waals surface area contributed by atoms with E-state index in [2.05, 4.69) is 29.0 Å². The van der Waals surface area contributed by atoms with Crippen molar-refractivity contribution in [2.24, 2.45) is 0 Å². The van der Waals surface area contributed by atoms with Gasteiger partial charge in [0.25, 0.3) is 5.91 Å². The number of nitrogens with zero attached hydrogens (tertiary/aromatic N) is 6. The van der Waals surface area contributed by atoms with E-state index in [1.54, 1.807) is 6.20 Å². The lowest BCUT2D eigenvalue weighted by Gasteiger charge is -2.25. The van der Waals surface area contributed by atoms with Crippen LogP contribution in [-0.4, -0.2) is 57.6 Å². The van der Waals surface area contributed by atoms with Gasteiger partial charge in [0.05, 0.1) is 5.69 Å². The van der Waals surface area contributed by atoms with E-state index in [-0.39, 0.29) is 11.8 Å². The van der Waals surface area contributed by atoms with E-state index in [4.69, 9.17) is 0 Å². The molecule has 0 aromatic carbocycles. The fourth-order valence-electron chi connectivity index (χ4n) is 3.37. The second-order valence-corrected chi connectivity index (χ2v) is 6.84. The van der Waals surface area contributed by atoms with Crippen molar-refractivity contribution < 1.29 is 4.79 Å². The van der Waals surface area contributed by atoms with Crippen molar-refractivity contribution in [3.8, 4) is 0 Å². The zero-order valence-corrected chi connectivity index (χ0v) is 16.3. The zero-order valence-electron chi connectivity index (χ0n) is 16.3. The Morgan fingerprint density at radius 2 is 1.85 bits per heavy atom. The monoisotopic (exact) mass is 354 g/mol. The first kappa shape index (κ1) is 18.1. The molecule has 26 heavy (non-hydrogen) atoms. The average molecular weight is 354 g/mol. The van der Waals surface area contributed by atoms with Gasteiger partial charge in [-0.25, -0.2) is 4.98 Å². The van der Waals surface area contributed by atoms with Gasteiger partial charge >= 0.3 is 0 Å². The Bertz CT molecular complexity index is 955. The zero-order chi connectivity index (χ0) is 19.0. The number of hydrogen-bond acceptors (Lipinski definition) is 5. The predicted octanol–water partition coefficient (Wildman–Crippen LogP) is 2.95. The van der Waals surface area contributed by atoms with E-state index in [0.717, 1.165) is 22.5 Å². The first-order valence-corrected chi connectivity index (χ1v) is 9.04. The third-order valence-corrected chi connectivity index (χ3v) is 4.63. The number of pyridine rings is 2. The Morgan fingerprint density at radius 3 is 2.42 bits per heavy atom. The first-order chi connectivity index (χ1) is 12.4. The van der Waals surface area contributed by atoms with Crippen LogP contribution in [0.15, 0.2) is 18.3 Å². The maximum atomic E-state index is 13.4. The lowest BCUT2D eigenvalue weighted by molar-refractivity contribution is 0.0775. The fraction of sp³-hybridized carbons (Fsp3) is 0.474. The molecule has 1 amide bonds. The van der Waals surface area contributed by atoms with Crippen LogP contribution in [0.5, 0.6) is 0 Å². The minimum Gasteiger partial charge on any atom is -0.376 e. The maximum absolute atomic E-state index is 13.4. The van der Waals surface area contributed by atoms with Crippen LogP contribution in [0.4, 0.5) is 5.69 Å². The van der Waals surface area contributed by atoms with Crippen molar-refractivity contribution in [3.63, 3.8) is 0 Å². The van der Waals surface area contributed by atoms with E-state index < -0.39 is 0 Å². The first-order valence-electron chi connectivity index (χ1n) is 9.04. The summed E-state index contributed by atoms with van der Waals surface area (Å²) in [5.41, 5.74) is 2.76. The molecule has 138 valence electrons. The average Bonchev–Trinajstić information content (AvgIpc) is 3.06. The normalized spacial score (nSPS) is 11.5. The van der Waals surface area contributed by atoms with Gasteiger partial charge in [0.1, 0.15) is 17.0 Å². The van der Waals surface area contributed by atoms with Crippen molar-refractivity contribution in [3.05, 3.63) is 29.7 Å². The molecule has 0 radical (unpaired) electrons. The van der Waals surface area contributed by atoms with Crippen molar-refractivity contribution in [1.29, 1.82) is 0 Å². The highest BCUT2D eigenvalue weighted by atomic mass is 16.2. The summed E-state index contributed by atoms with van der Waals surface area (Å²) >= 11 is 0. The molecule has 0 bridgehead atoms.